The summed E-state index contributed by atoms with van der Waals surface area (Å²) in [5, 5.41) is 26.3. The molecule has 0 fully saturated rings. The molecule has 0 saturated heterocycles. The Bertz CT molecular complexity index is 1390. The Morgan fingerprint density at radius 1 is 0.781 bits per heavy atom. The quantitative estimate of drug-likeness (QED) is 0.319. The van der Waals surface area contributed by atoms with Gasteiger partial charge in [0.15, 0.2) is 0 Å². The van der Waals surface area contributed by atoms with Crippen LogP contribution in [0, 0.1) is 19.8 Å². The van der Waals surface area contributed by atoms with E-state index < -0.39 is 0 Å². The predicted molar refractivity (Wildman–Crippen MR) is 135 cm³/mol. The third-order valence-electron chi connectivity index (χ3n) is 7.26. The van der Waals surface area contributed by atoms with Crippen molar-refractivity contribution in [1.82, 2.24) is 0 Å². The van der Waals surface area contributed by atoms with Crippen molar-refractivity contribution in [2.45, 2.75) is 59.8 Å². The Morgan fingerprint density at radius 2 is 1.47 bits per heavy atom. The summed E-state index contributed by atoms with van der Waals surface area (Å²) < 4.78 is 0. The first kappa shape index (κ1) is 20.9. The highest BCUT2D eigenvalue weighted by molar-refractivity contribution is 6.13. The van der Waals surface area contributed by atoms with E-state index in [1.807, 2.05) is 19.1 Å². The molecule has 32 heavy (non-hydrogen) atoms. The minimum atomic E-state index is 0.341. The molecule has 164 valence electrons. The van der Waals surface area contributed by atoms with E-state index in [1.165, 1.54) is 16.7 Å². The van der Waals surface area contributed by atoms with Crippen LogP contribution in [0.1, 0.15) is 67.3 Å². The molecule has 2 N–H and O–H groups in total. The average Bonchev–Trinajstić information content (AvgIpc) is 2.70. The molecule has 0 heterocycles. The largest absolute Gasteiger partial charge is 0.507 e. The SMILES string of the molecule is Cc1cc(O)c2c(c1)[C@H](C(C)C)Cc1cc3c(cc1-2)cc(C(C)C)c1cc(C)cc(O)c13. The van der Waals surface area contributed by atoms with E-state index in [-0.39, 0.29) is 0 Å². The first-order chi connectivity index (χ1) is 15.2. The molecular weight excluding hydrogens is 392 g/mol. The second kappa shape index (κ2) is 7.27. The zero-order chi connectivity index (χ0) is 22.9. The fourth-order valence-corrected chi connectivity index (χ4v) is 5.72. The zero-order valence-electron chi connectivity index (χ0n) is 19.9. The summed E-state index contributed by atoms with van der Waals surface area (Å²) in [4.78, 5) is 0. The Labute approximate surface area is 190 Å². The van der Waals surface area contributed by atoms with E-state index in [0.717, 1.165) is 50.2 Å². The number of aryl methyl sites for hydroxylation is 2. The number of rotatable bonds is 2. The lowest BCUT2D eigenvalue weighted by atomic mass is 9.72. The molecule has 0 bridgehead atoms. The van der Waals surface area contributed by atoms with Crippen molar-refractivity contribution in [2.24, 2.45) is 5.92 Å². The first-order valence-corrected chi connectivity index (χ1v) is 11.7. The van der Waals surface area contributed by atoms with Gasteiger partial charge in [-0.3, -0.25) is 0 Å². The van der Waals surface area contributed by atoms with E-state index in [9.17, 15) is 10.2 Å². The van der Waals surface area contributed by atoms with Crippen LogP contribution in [-0.2, 0) is 6.42 Å². The van der Waals surface area contributed by atoms with Gasteiger partial charge in [0, 0.05) is 10.9 Å². The summed E-state index contributed by atoms with van der Waals surface area (Å²) in [5.74, 6) is 1.89. The lowest BCUT2D eigenvalue weighted by Gasteiger charge is -2.32. The molecule has 0 saturated carbocycles. The predicted octanol–water partition coefficient (Wildman–Crippen LogP) is 8.11. The fraction of sp³-hybridized carbons (Fsp3) is 0.333. The van der Waals surface area contributed by atoms with Gasteiger partial charge in [-0.25, -0.2) is 0 Å². The van der Waals surface area contributed by atoms with Gasteiger partial charge < -0.3 is 10.2 Å². The Kier molecular flexibility index (Phi) is 4.74. The highest BCUT2D eigenvalue weighted by Gasteiger charge is 2.30. The number of benzene rings is 4. The third-order valence-corrected chi connectivity index (χ3v) is 7.26. The monoisotopic (exact) mass is 424 g/mol. The van der Waals surface area contributed by atoms with Crippen molar-refractivity contribution in [3.05, 3.63) is 70.3 Å². The zero-order valence-corrected chi connectivity index (χ0v) is 19.9. The van der Waals surface area contributed by atoms with Crippen LogP contribution in [0.4, 0.5) is 0 Å². The van der Waals surface area contributed by atoms with Gasteiger partial charge in [0.2, 0.25) is 0 Å². The van der Waals surface area contributed by atoms with Crippen molar-refractivity contribution in [3.8, 4) is 22.6 Å². The van der Waals surface area contributed by atoms with Crippen LogP contribution in [0.2, 0.25) is 0 Å². The van der Waals surface area contributed by atoms with Gasteiger partial charge in [-0.2, -0.15) is 0 Å². The number of hydrogen-bond acceptors (Lipinski definition) is 2. The summed E-state index contributed by atoms with van der Waals surface area (Å²) in [6, 6.07) is 15.0. The lowest BCUT2D eigenvalue weighted by Crippen LogP contribution is -2.16. The van der Waals surface area contributed by atoms with Crippen molar-refractivity contribution in [2.75, 3.05) is 0 Å². The molecule has 0 amide bonds. The number of hydrogen-bond donors (Lipinski definition) is 2. The molecule has 4 aromatic carbocycles. The maximum Gasteiger partial charge on any atom is 0.124 e. The summed E-state index contributed by atoms with van der Waals surface area (Å²) in [5.41, 5.74) is 8.04. The van der Waals surface area contributed by atoms with Crippen LogP contribution in [0.15, 0.2) is 42.5 Å². The maximum atomic E-state index is 11.0. The van der Waals surface area contributed by atoms with Gasteiger partial charge in [-0.15, -0.1) is 0 Å². The van der Waals surface area contributed by atoms with E-state index >= 15 is 0 Å². The standard InChI is InChI=1S/C30H32O2/c1-15(2)21-11-19-13-24-20(14-23(19)29-25(21)7-17(5)9-27(29)31)12-22(16(3)4)26-8-18(6)10-28(32)30(24)26/h7-11,13-16,22,31-32H,12H2,1-6H3/t22-/m0/s1. The van der Waals surface area contributed by atoms with Gasteiger partial charge >= 0.3 is 0 Å². The van der Waals surface area contributed by atoms with Crippen LogP contribution in [0.25, 0.3) is 32.7 Å². The Hall–Kier alpha value is -3.00. The lowest BCUT2D eigenvalue weighted by molar-refractivity contribution is 0.463. The van der Waals surface area contributed by atoms with Crippen LogP contribution in [-0.4, -0.2) is 10.2 Å². The van der Waals surface area contributed by atoms with Crippen LogP contribution < -0.4 is 0 Å². The van der Waals surface area contributed by atoms with Crippen LogP contribution in [0.5, 0.6) is 11.5 Å². The molecule has 5 rings (SSSR count). The van der Waals surface area contributed by atoms with Gasteiger partial charge in [0.1, 0.15) is 11.5 Å². The molecule has 2 nitrogen and oxygen atoms in total. The molecule has 1 atom stereocenters. The van der Waals surface area contributed by atoms with Crippen molar-refractivity contribution < 1.29 is 10.2 Å². The molecular formula is C30H32O2. The van der Waals surface area contributed by atoms with E-state index in [2.05, 4.69) is 65.0 Å². The Balaban J connectivity index is 1.91. The number of fused-ring (bicyclic) bond motifs is 6. The number of phenolic OH excluding ortho intramolecular Hbond substituents is 2. The van der Waals surface area contributed by atoms with Crippen molar-refractivity contribution >= 4 is 21.5 Å². The van der Waals surface area contributed by atoms with Crippen LogP contribution in [0.3, 0.4) is 0 Å². The van der Waals surface area contributed by atoms with Crippen LogP contribution >= 0.6 is 0 Å². The van der Waals surface area contributed by atoms with Gasteiger partial charge in [0.25, 0.3) is 0 Å². The molecule has 1 aliphatic carbocycles. The maximum absolute atomic E-state index is 11.0. The molecule has 0 aliphatic heterocycles. The molecule has 0 aromatic heterocycles. The van der Waals surface area contributed by atoms with Crippen molar-refractivity contribution in [1.29, 1.82) is 0 Å². The summed E-state index contributed by atoms with van der Waals surface area (Å²) in [7, 11) is 0. The van der Waals surface area contributed by atoms with E-state index in [0.29, 0.717) is 29.3 Å². The first-order valence-electron chi connectivity index (χ1n) is 11.7. The Morgan fingerprint density at radius 3 is 2.16 bits per heavy atom. The highest BCUT2D eigenvalue weighted by atomic mass is 16.3. The summed E-state index contributed by atoms with van der Waals surface area (Å²) in [6.07, 6.45) is 0.943. The summed E-state index contributed by atoms with van der Waals surface area (Å²) >= 11 is 0. The normalized spacial score (nSPS) is 15.6. The molecule has 0 unspecified atom stereocenters. The molecule has 1 aliphatic rings. The molecule has 2 heteroatoms. The second-order valence-corrected chi connectivity index (χ2v) is 10.4. The van der Waals surface area contributed by atoms with Gasteiger partial charge in [0.05, 0.1) is 0 Å². The topological polar surface area (TPSA) is 40.5 Å². The smallest absolute Gasteiger partial charge is 0.124 e. The van der Waals surface area contributed by atoms with E-state index in [1.54, 1.807) is 0 Å². The van der Waals surface area contributed by atoms with E-state index in [4.69, 9.17) is 0 Å². The third kappa shape index (κ3) is 3.08. The van der Waals surface area contributed by atoms with Gasteiger partial charge in [-0.1, -0.05) is 45.9 Å². The summed E-state index contributed by atoms with van der Waals surface area (Å²) in [6.45, 7) is 13.0. The average molecular weight is 425 g/mol. The second-order valence-electron chi connectivity index (χ2n) is 10.4. The van der Waals surface area contributed by atoms with Crippen molar-refractivity contribution in [3.63, 3.8) is 0 Å². The minimum absolute atomic E-state index is 0.341. The molecule has 0 spiro atoms. The highest BCUT2D eigenvalue weighted by Crippen LogP contribution is 2.49. The van der Waals surface area contributed by atoms with Gasteiger partial charge in [-0.05, 0) is 112 Å². The fourth-order valence-electron chi connectivity index (χ4n) is 5.72. The minimum Gasteiger partial charge on any atom is -0.507 e. The number of phenols is 2. The molecule has 0 radical (unpaired) electrons. The number of aromatic hydroxyl groups is 2. The molecule has 4 aromatic rings.